The first kappa shape index (κ1) is 23.0. The molecule has 146 valence electrons. The minimum Gasteiger partial charge on any atom is -0.357 e. The average molecular weight is 480 g/mol. The number of carbonyl (C=O) groups excluding carboxylic acids is 1. The molecular weight excluding hydrogens is 451 g/mol. The minimum absolute atomic E-state index is 0. The molecule has 2 aromatic rings. The summed E-state index contributed by atoms with van der Waals surface area (Å²) < 4.78 is 0. The van der Waals surface area contributed by atoms with Gasteiger partial charge in [-0.1, -0.05) is 47.5 Å². The lowest BCUT2D eigenvalue weighted by atomic mass is 10.1. The summed E-state index contributed by atoms with van der Waals surface area (Å²) in [4.78, 5) is 16.7. The van der Waals surface area contributed by atoms with E-state index in [-0.39, 0.29) is 29.9 Å². The highest BCUT2D eigenvalue weighted by molar-refractivity contribution is 14.0. The van der Waals surface area contributed by atoms with E-state index in [1.165, 1.54) is 11.1 Å². The Morgan fingerprint density at radius 3 is 2.26 bits per heavy atom. The highest BCUT2D eigenvalue weighted by atomic mass is 127. The van der Waals surface area contributed by atoms with Crippen LogP contribution >= 0.6 is 24.0 Å². The Labute approximate surface area is 179 Å². The quantitative estimate of drug-likeness (QED) is 0.246. The molecule has 2 aromatic carbocycles. The third-order valence-electron chi connectivity index (χ3n) is 3.83. The van der Waals surface area contributed by atoms with E-state index in [9.17, 15) is 4.79 Å². The van der Waals surface area contributed by atoms with Crippen LogP contribution < -0.4 is 16.0 Å². The van der Waals surface area contributed by atoms with Gasteiger partial charge in [-0.05, 0) is 38.5 Å². The van der Waals surface area contributed by atoms with Gasteiger partial charge in [0, 0.05) is 25.2 Å². The van der Waals surface area contributed by atoms with Crippen molar-refractivity contribution in [1.82, 2.24) is 16.0 Å². The number of hydrogen-bond donors (Lipinski definition) is 3. The Morgan fingerprint density at radius 2 is 1.59 bits per heavy atom. The maximum absolute atomic E-state index is 12.1. The van der Waals surface area contributed by atoms with Crippen molar-refractivity contribution in [1.29, 1.82) is 0 Å². The predicted octanol–water partition coefficient (Wildman–Crippen LogP) is 3.41. The van der Waals surface area contributed by atoms with Gasteiger partial charge >= 0.3 is 0 Å². The Balaban J connectivity index is 0.00000364. The lowest BCUT2D eigenvalue weighted by molar-refractivity contribution is 0.0954. The number of benzene rings is 2. The fraction of sp³-hybridized carbons (Fsp3) is 0.333. The molecule has 3 N–H and O–H groups in total. The van der Waals surface area contributed by atoms with E-state index in [1.807, 2.05) is 44.2 Å². The summed E-state index contributed by atoms with van der Waals surface area (Å²) in [6, 6.07) is 15.9. The zero-order valence-corrected chi connectivity index (χ0v) is 18.5. The van der Waals surface area contributed by atoms with Crippen molar-refractivity contribution in [3.63, 3.8) is 0 Å². The van der Waals surface area contributed by atoms with Gasteiger partial charge in [-0.15, -0.1) is 24.0 Å². The van der Waals surface area contributed by atoms with E-state index < -0.39 is 0 Å². The monoisotopic (exact) mass is 480 g/mol. The average Bonchev–Trinajstić information content (AvgIpc) is 2.63. The number of halogens is 1. The van der Waals surface area contributed by atoms with Crippen LogP contribution in [0.5, 0.6) is 0 Å². The molecule has 0 atom stereocenters. The Morgan fingerprint density at radius 1 is 0.926 bits per heavy atom. The van der Waals surface area contributed by atoms with Crippen LogP contribution in [0.15, 0.2) is 53.5 Å². The number of rotatable bonds is 7. The van der Waals surface area contributed by atoms with Gasteiger partial charge in [0.15, 0.2) is 5.96 Å². The molecule has 5 nitrogen and oxygen atoms in total. The molecule has 0 radical (unpaired) electrons. The number of amides is 1. The summed E-state index contributed by atoms with van der Waals surface area (Å²) in [5, 5.41) is 9.39. The van der Waals surface area contributed by atoms with Crippen LogP contribution in [-0.4, -0.2) is 31.5 Å². The molecule has 27 heavy (non-hydrogen) atoms. The summed E-state index contributed by atoms with van der Waals surface area (Å²) >= 11 is 0. The van der Waals surface area contributed by atoms with Gasteiger partial charge in [-0.3, -0.25) is 4.79 Å². The molecule has 0 aliphatic carbocycles. The van der Waals surface area contributed by atoms with E-state index in [0.717, 1.165) is 18.1 Å². The number of hydrogen-bond acceptors (Lipinski definition) is 2. The van der Waals surface area contributed by atoms with E-state index in [1.54, 1.807) is 0 Å². The molecule has 0 aliphatic rings. The normalized spacial score (nSPS) is 10.7. The molecular formula is C21H29IN4O. The van der Waals surface area contributed by atoms with Gasteiger partial charge in [-0.25, -0.2) is 4.99 Å². The topological polar surface area (TPSA) is 65.5 Å². The van der Waals surface area contributed by atoms with Crippen LogP contribution in [0.3, 0.4) is 0 Å². The Hall–Kier alpha value is -2.09. The zero-order chi connectivity index (χ0) is 18.8. The van der Waals surface area contributed by atoms with Crippen LogP contribution in [0.4, 0.5) is 0 Å². The molecule has 0 spiro atoms. The molecule has 0 aromatic heterocycles. The van der Waals surface area contributed by atoms with Crippen molar-refractivity contribution >= 4 is 35.8 Å². The molecule has 0 heterocycles. The van der Waals surface area contributed by atoms with Gasteiger partial charge in [0.05, 0.1) is 6.54 Å². The molecule has 1 amide bonds. The van der Waals surface area contributed by atoms with Crippen molar-refractivity contribution in [3.05, 3.63) is 70.8 Å². The Bertz CT molecular complexity index is 761. The molecule has 6 heteroatoms. The van der Waals surface area contributed by atoms with Crippen LogP contribution in [0, 0.1) is 13.8 Å². The summed E-state index contributed by atoms with van der Waals surface area (Å²) in [6.07, 6.45) is 0. The van der Waals surface area contributed by atoms with Crippen molar-refractivity contribution in [3.8, 4) is 0 Å². The first-order valence-corrected chi connectivity index (χ1v) is 9.01. The summed E-state index contributed by atoms with van der Waals surface area (Å²) in [5.74, 6) is 0.691. The maximum atomic E-state index is 12.1. The molecule has 0 bridgehead atoms. The second-order valence-corrected chi connectivity index (χ2v) is 6.24. The molecule has 0 saturated carbocycles. The lowest BCUT2D eigenvalue weighted by Gasteiger charge is -2.12. The summed E-state index contributed by atoms with van der Waals surface area (Å²) in [6.45, 7) is 8.63. The lowest BCUT2D eigenvalue weighted by Crippen LogP contribution is -2.41. The van der Waals surface area contributed by atoms with Crippen molar-refractivity contribution in [2.75, 3.05) is 19.6 Å². The van der Waals surface area contributed by atoms with Crippen molar-refractivity contribution < 1.29 is 4.79 Å². The highest BCUT2D eigenvalue weighted by Gasteiger charge is 2.04. The van der Waals surface area contributed by atoms with Crippen LogP contribution in [-0.2, 0) is 6.54 Å². The van der Waals surface area contributed by atoms with Crippen LogP contribution in [0.25, 0.3) is 0 Å². The molecule has 0 fully saturated rings. The number of guanidine groups is 1. The standard InChI is InChI=1S/C21H28N4O.HI/c1-4-22-21(25-15-18-9-5-7-16(2)13-18)24-12-11-23-20(26)19-10-6-8-17(3)14-19;/h5-10,13-14H,4,11-12,15H2,1-3H3,(H,23,26)(H2,22,24,25);1H. The van der Waals surface area contributed by atoms with Gasteiger partial charge < -0.3 is 16.0 Å². The maximum Gasteiger partial charge on any atom is 0.251 e. The third kappa shape index (κ3) is 8.43. The first-order valence-electron chi connectivity index (χ1n) is 9.01. The Kier molecular flexibility index (Phi) is 10.5. The smallest absolute Gasteiger partial charge is 0.251 e. The molecule has 0 unspecified atom stereocenters. The minimum atomic E-state index is -0.0581. The molecule has 2 rings (SSSR count). The highest BCUT2D eigenvalue weighted by Crippen LogP contribution is 2.05. The number of aryl methyl sites for hydroxylation is 2. The third-order valence-corrected chi connectivity index (χ3v) is 3.83. The van der Waals surface area contributed by atoms with E-state index in [0.29, 0.717) is 25.2 Å². The zero-order valence-electron chi connectivity index (χ0n) is 16.2. The first-order chi connectivity index (χ1) is 12.6. The largest absolute Gasteiger partial charge is 0.357 e. The number of carbonyl (C=O) groups is 1. The van der Waals surface area contributed by atoms with E-state index in [2.05, 4.69) is 46.1 Å². The van der Waals surface area contributed by atoms with Gasteiger partial charge in [0.2, 0.25) is 0 Å². The van der Waals surface area contributed by atoms with Crippen molar-refractivity contribution in [2.24, 2.45) is 4.99 Å². The molecule has 0 aliphatic heterocycles. The fourth-order valence-corrected chi connectivity index (χ4v) is 2.57. The number of nitrogens with one attached hydrogen (secondary N) is 3. The second-order valence-electron chi connectivity index (χ2n) is 6.24. The van der Waals surface area contributed by atoms with E-state index >= 15 is 0 Å². The summed E-state index contributed by atoms with van der Waals surface area (Å²) in [7, 11) is 0. The second kappa shape index (κ2) is 12.3. The fourth-order valence-electron chi connectivity index (χ4n) is 2.57. The molecule has 0 saturated heterocycles. The predicted molar refractivity (Wildman–Crippen MR) is 123 cm³/mol. The SMILES string of the molecule is CCNC(=NCc1cccc(C)c1)NCCNC(=O)c1cccc(C)c1.I. The van der Waals surface area contributed by atoms with E-state index in [4.69, 9.17) is 0 Å². The number of nitrogens with zero attached hydrogens (tertiary/aromatic N) is 1. The van der Waals surface area contributed by atoms with Gasteiger partial charge in [0.1, 0.15) is 0 Å². The van der Waals surface area contributed by atoms with Crippen LogP contribution in [0.2, 0.25) is 0 Å². The van der Waals surface area contributed by atoms with Gasteiger partial charge in [-0.2, -0.15) is 0 Å². The van der Waals surface area contributed by atoms with Gasteiger partial charge in [0.25, 0.3) is 5.91 Å². The number of aliphatic imine (C=N–C) groups is 1. The summed E-state index contributed by atoms with van der Waals surface area (Å²) in [5.41, 5.74) is 4.17. The van der Waals surface area contributed by atoms with Crippen molar-refractivity contribution in [2.45, 2.75) is 27.3 Å². The van der Waals surface area contributed by atoms with Crippen LogP contribution in [0.1, 0.15) is 34.0 Å².